The third-order valence-corrected chi connectivity index (χ3v) is 6.20. The lowest BCUT2D eigenvalue weighted by Gasteiger charge is -2.09. The van der Waals surface area contributed by atoms with Gasteiger partial charge in [0.2, 0.25) is 0 Å². The standard InChI is InChI=1S/C28H28N2O5S/c1-5-15-35-23-11-7-19(8-12-23)16-21(17-29)26(31)30-27-25(28(32)33-4)24(18(3)36-27)20-9-13-22(14-10-20)34-6-2/h7-14,16H,5-6,15H2,1-4H3,(H,30,31)/b21-16+. The Kier molecular flexibility index (Phi) is 9.25. The molecule has 7 nitrogen and oxygen atoms in total. The molecule has 0 saturated heterocycles. The van der Waals surface area contributed by atoms with Crippen molar-refractivity contribution < 1.29 is 23.8 Å². The summed E-state index contributed by atoms with van der Waals surface area (Å²) in [6.45, 7) is 6.95. The molecule has 0 saturated carbocycles. The molecule has 0 aliphatic heterocycles. The average molecular weight is 505 g/mol. The van der Waals surface area contributed by atoms with E-state index < -0.39 is 11.9 Å². The highest BCUT2D eigenvalue weighted by Gasteiger charge is 2.26. The van der Waals surface area contributed by atoms with Gasteiger partial charge in [-0.05, 0) is 61.7 Å². The number of hydrogen-bond acceptors (Lipinski definition) is 7. The molecular formula is C28H28N2O5S. The first-order valence-electron chi connectivity index (χ1n) is 11.5. The normalized spacial score (nSPS) is 10.9. The smallest absolute Gasteiger partial charge is 0.341 e. The van der Waals surface area contributed by atoms with E-state index in [0.717, 1.165) is 28.4 Å². The van der Waals surface area contributed by atoms with Crippen molar-refractivity contribution in [1.29, 1.82) is 5.26 Å². The van der Waals surface area contributed by atoms with Gasteiger partial charge in [-0.2, -0.15) is 5.26 Å². The third kappa shape index (κ3) is 6.32. The van der Waals surface area contributed by atoms with E-state index in [9.17, 15) is 14.9 Å². The van der Waals surface area contributed by atoms with Crippen LogP contribution in [0.25, 0.3) is 17.2 Å². The van der Waals surface area contributed by atoms with Crippen molar-refractivity contribution in [3.63, 3.8) is 0 Å². The van der Waals surface area contributed by atoms with E-state index in [0.29, 0.717) is 29.3 Å². The predicted molar refractivity (Wildman–Crippen MR) is 141 cm³/mol. The van der Waals surface area contributed by atoms with Crippen LogP contribution in [0.4, 0.5) is 5.00 Å². The minimum Gasteiger partial charge on any atom is -0.494 e. The molecule has 0 radical (unpaired) electrons. The molecule has 8 heteroatoms. The largest absolute Gasteiger partial charge is 0.494 e. The maximum Gasteiger partial charge on any atom is 0.341 e. The van der Waals surface area contributed by atoms with Gasteiger partial charge in [-0.1, -0.05) is 31.2 Å². The predicted octanol–water partition coefficient (Wildman–Crippen LogP) is 6.24. The van der Waals surface area contributed by atoms with Gasteiger partial charge in [-0.15, -0.1) is 11.3 Å². The second kappa shape index (κ2) is 12.6. The van der Waals surface area contributed by atoms with Gasteiger partial charge < -0.3 is 19.5 Å². The molecule has 1 aromatic heterocycles. The number of aryl methyl sites for hydroxylation is 1. The first-order valence-corrected chi connectivity index (χ1v) is 12.3. The highest BCUT2D eigenvalue weighted by atomic mass is 32.1. The summed E-state index contributed by atoms with van der Waals surface area (Å²) in [5.74, 6) is 0.240. The van der Waals surface area contributed by atoms with Crippen LogP contribution < -0.4 is 14.8 Å². The lowest BCUT2D eigenvalue weighted by atomic mass is 10.0. The lowest BCUT2D eigenvalue weighted by Crippen LogP contribution is -2.15. The van der Waals surface area contributed by atoms with Gasteiger partial charge >= 0.3 is 5.97 Å². The first-order chi connectivity index (χ1) is 17.4. The Morgan fingerprint density at radius 2 is 1.67 bits per heavy atom. The number of methoxy groups -OCH3 is 1. The van der Waals surface area contributed by atoms with Gasteiger partial charge in [0.15, 0.2) is 0 Å². The van der Waals surface area contributed by atoms with Gasteiger partial charge in [0.25, 0.3) is 5.91 Å². The molecule has 0 bridgehead atoms. The zero-order chi connectivity index (χ0) is 26.1. The average Bonchev–Trinajstić information content (AvgIpc) is 3.22. The number of benzene rings is 2. The summed E-state index contributed by atoms with van der Waals surface area (Å²) < 4.78 is 16.1. The molecule has 1 amide bonds. The zero-order valence-corrected chi connectivity index (χ0v) is 21.5. The number of amides is 1. The van der Waals surface area contributed by atoms with Gasteiger partial charge in [0.05, 0.1) is 20.3 Å². The van der Waals surface area contributed by atoms with E-state index in [-0.39, 0.29) is 11.1 Å². The third-order valence-electron chi connectivity index (χ3n) is 5.18. The number of hydrogen-bond donors (Lipinski definition) is 1. The number of nitriles is 1. The minimum atomic E-state index is -0.617. The zero-order valence-electron chi connectivity index (χ0n) is 20.7. The Labute approximate surface area is 214 Å². The number of thiophene rings is 1. The van der Waals surface area contributed by atoms with E-state index in [4.69, 9.17) is 14.2 Å². The highest BCUT2D eigenvalue weighted by Crippen LogP contribution is 2.41. The van der Waals surface area contributed by atoms with Crippen molar-refractivity contribution in [1.82, 2.24) is 0 Å². The summed E-state index contributed by atoms with van der Waals surface area (Å²) >= 11 is 1.25. The number of rotatable bonds is 10. The first kappa shape index (κ1) is 26.5. The molecule has 0 aliphatic carbocycles. The SMILES string of the molecule is CCCOc1ccc(/C=C(\C#N)C(=O)Nc2sc(C)c(-c3ccc(OCC)cc3)c2C(=O)OC)cc1. The van der Waals surface area contributed by atoms with Crippen LogP contribution in [0.1, 0.15) is 41.1 Å². The monoisotopic (exact) mass is 504 g/mol. The van der Waals surface area contributed by atoms with Crippen LogP contribution in [0.3, 0.4) is 0 Å². The maximum absolute atomic E-state index is 13.0. The van der Waals surface area contributed by atoms with Gasteiger partial charge in [0.1, 0.15) is 33.7 Å². The molecule has 2 aromatic carbocycles. The summed E-state index contributed by atoms with van der Waals surface area (Å²) in [5, 5.41) is 12.7. The number of carbonyl (C=O) groups excluding carboxylic acids is 2. The number of carbonyl (C=O) groups is 2. The van der Waals surface area contributed by atoms with E-state index in [1.807, 2.05) is 51.1 Å². The van der Waals surface area contributed by atoms with E-state index in [1.54, 1.807) is 24.3 Å². The number of esters is 1. The molecule has 3 rings (SSSR count). The van der Waals surface area contributed by atoms with Crippen LogP contribution >= 0.6 is 11.3 Å². The fraction of sp³-hybridized carbons (Fsp3) is 0.250. The molecule has 0 fully saturated rings. The van der Waals surface area contributed by atoms with Crippen LogP contribution in [-0.4, -0.2) is 32.2 Å². The number of ether oxygens (including phenoxy) is 3. The van der Waals surface area contributed by atoms with Crippen molar-refractivity contribution in [2.45, 2.75) is 27.2 Å². The number of anilines is 1. The minimum absolute atomic E-state index is 0.0956. The Balaban J connectivity index is 1.91. The summed E-state index contributed by atoms with van der Waals surface area (Å²) in [6, 6.07) is 16.4. The number of nitrogens with zero attached hydrogens (tertiary/aromatic N) is 1. The second-order valence-electron chi connectivity index (χ2n) is 7.73. The fourth-order valence-corrected chi connectivity index (χ4v) is 4.59. The lowest BCUT2D eigenvalue weighted by molar-refractivity contribution is -0.112. The Bertz CT molecular complexity index is 1290. The van der Waals surface area contributed by atoms with Crippen molar-refractivity contribution in [3.8, 4) is 28.7 Å². The highest BCUT2D eigenvalue weighted by molar-refractivity contribution is 7.17. The molecule has 0 atom stereocenters. The molecule has 0 aliphatic rings. The van der Waals surface area contributed by atoms with Crippen LogP contribution in [-0.2, 0) is 9.53 Å². The van der Waals surface area contributed by atoms with E-state index in [2.05, 4.69) is 5.32 Å². The quantitative estimate of drug-likeness (QED) is 0.199. The van der Waals surface area contributed by atoms with E-state index >= 15 is 0 Å². The van der Waals surface area contributed by atoms with Gasteiger partial charge in [-0.3, -0.25) is 4.79 Å². The fourth-order valence-electron chi connectivity index (χ4n) is 3.53. The topological polar surface area (TPSA) is 97.6 Å². The van der Waals surface area contributed by atoms with Gasteiger partial charge in [-0.25, -0.2) is 4.79 Å². The second-order valence-corrected chi connectivity index (χ2v) is 8.95. The summed E-state index contributed by atoms with van der Waals surface area (Å²) in [5.41, 5.74) is 2.27. The Morgan fingerprint density at radius 3 is 2.25 bits per heavy atom. The number of nitrogens with one attached hydrogen (secondary N) is 1. The molecule has 186 valence electrons. The molecule has 3 aromatic rings. The Morgan fingerprint density at radius 1 is 1.03 bits per heavy atom. The molecule has 1 heterocycles. The Hall–Kier alpha value is -4.09. The van der Waals surface area contributed by atoms with E-state index in [1.165, 1.54) is 24.5 Å². The summed E-state index contributed by atoms with van der Waals surface area (Å²) in [7, 11) is 1.29. The van der Waals surface area contributed by atoms with Crippen molar-refractivity contribution >= 4 is 34.3 Å². The molecule has 36 heavy (non-hydrogen) atoms. The van der Waals surface area contributed by atoms with Crippen molar-refractivity contribution in [3.05, 3.63) is 70.1 Å². The van der Waals surface area contributed by atoms with Crippen molar-refractivity contribution in [2.24, 2.45) is 0 Å². The van der Waals surface area contributed by atoms with Crippen molar-refractivity contribution in [2.75, 3.05) is 25.6 Å². The molecular weight excluding hydrogens is 476 g/mol. The van der Waals surface area contributed by atoms with Crippen LogP contribution in [0.5, 0.6) is 11.5 Å². The summed E-state index contributed by atoms with van der Waals surface area (Å²) in [4.78, 5) is 26.6. The molecule has 0 spiro atoms. The van der Waals surface area contributed by atoms with Gasteiger partial charge in [0, 0.05) is 10.4 Å². The molecule has 0 unspecified atom stereocenters. The maximum atomic E-state index is 13.0. The van der Waals surface area contributed by atoms with Crippen LogP contribution in [0.15, 0.2) is 54.1 Å². The van der Waals surface area contributed by atoms with Crippen LogP contribution in [0.2, 0.25) is 0 Å². The molecule has 1 N–H and O–H groups in total. The summed E-state index contributed by atoms with van der Waals surface area (Å²) in [6.07, 6.45) is 2.39. The van der Waals surface area contributed by atoms with Crippen LogP contribution in [0, 0.1) is 18.3 Å².